The maximum absolute atomic E-state index is 6.23. The molecule has 0 saturated heterocycles. The third-order valence-electron chi connectivity index (χ3n) is 9.17. The summed E-state index contributed by atoms with van der Waals surface area (Å²) in [6.07, 6.45) is 0. The number of hydrogen-bond donors (Lipinski definition) is 0. The molecular formula is C42H26N2OS. The molecular weight excluding hydrogens is 581 g/mol. The highest BCUT2D eigenvalue weighted by molar-refractivity contribution is 7.25. The topological polar surface area (TPSA) is 21.3 Å². The van der Waals surface area contributed by atoms with Crippen LogP contribution in [0.5, 0.6) is 0 Å². The molecule has 0 radical (unpaired) electrons. The lowest BCUT2D eigenvalue weighted by Gasteiger charge is -2.26. The Morgan fingerprint density at radius 3 is 1.91 bits per heavy atom. The summed E-state index contributed by atoms with van der Waals surface area (Å²) in [5, 5.41) is 7.32. The lowest BCUT2D eigenvalue weighted by molar-refractivity contribution is 0.669. The highest BCUT2D eigenvalue weighted by atomic mass is 32.1. The van der Waals surface area contributed by atoms with Crippen LogP contribution in [0.4, 0.5) is 17.1 Å². The quantitative estimate of drug-likeness (QED) is 0.199. The molecule has 3 nitrogen and oxygen atoms in total. The lowest BCUT2D eigenvalue weighted by atomic mass is 10.1. The molecule has 10 rings (SSSR count). The van der Waals surface area contributed by atoms with Gasteiger partial charge in [0.05, 0.1) is 11.0 Å². The molecule has 3 heterocycles. The maximum Gasteiger partial charge on any atom is 0.135 e. The second kappa shape index (κ2) is 9.83. The van der Waals surface area contributed by atoms with Crippen molar-refractivity contribution in [2.24, 2.45) is 0 Å². The summed E-state index contributed by atoms with van der Waals surface area (Å²) < 4.78 is 11.2. The van der Waals surface area contributed by atoms with Crippen LogP contribution in [0.3, 0.4) is 0 Å². The minimum absolute atomic E-state index is 0.893. The third kappa shape index (κ3) is 3.77. The van der Waals surface area contributed by atoms with Gasteiger partial charge in [-0.05, 0) is 72.8 Å². The number of aromatic nitrogens is 1. The van der Waals surface area contributed by atoms with Crippen molar-refractivity contribution in [1.82, 2.24) is 4.57 Å². The minimum atomic E-state index is 0.893. The monoisotopic (exact) mass is 606 g/mol. The summed E-state index contributed by atoms with van der Waals surface area (Å²) in [6.45, 7) is 0. The molecule has 0 N–H and O–H groups in total. The van der Waals surface area contributed by atoms with Crippen LogP contribution in [0.1, 0.15) is 0 Å². The van der Waals surface area contributed by atoms with Crippen LogP contribution >= 0.6 is 11.3 Å². The molecule has 10 aromatic rings. The smallest absolute Gasteiger partial charge is 0.135 e. The summed E-state index contributed by atoms with van der Waals surface area (Å²) in [4.78, 5) is 2.39. The van der Waals surface area contributed by atoms with E-state index >= 15 is 0 Å². The zero-order valence-electron chi connectivity index (χ0n) is 24.7. The summed E-state index contributed by atoms with van der Waals surface area (Å²) in [6, 6.07) is 56.6. The molecule has 0 aliphatic rings. The van der Waals surface area contributed by atoms with Gasteiger partial charge in [-0.2, -0.15) is 0 Å². The maximum atomic E-state index is 6.23. The Labute approximate surface area is 268 Å². The second-order valence-electron chi connectivity index (χ2n) is 11.8. The normalized spacial score (nSPS) is 11.9. The first kappa shape index (κ1) is 25.5. The highest BCUT2D eigenvalue weighted by Gasteiger charge is 2.19. The molecule has 0 bridgehead atoms. The van der Waals surface area contributed by atoms with E-state index in [0.717, 1.165) is 44.7 Å². The van der Waals surface area contributed by atoms with E-state index in [1.807, 2.05) is 23.5 Å². The number of benzene rings is 7. The molecule has 0 aliphatic carbocycles. The van der Waals surface area contributed by atoms with Crippen molar-refractivity contribution in [3.8, 4) is 5.69 Å². The average Bonchev–Trinajstić information content (AvgIpc) is 3.77. The van der Waals surface area contributed by atoms with E-state index in [1.54, 1.807) is 0 Å². The summed E-state index contributed by atoms with van der Waals surface area (Å²) in [7, 11) is 0. The Morgan fingerprint density at radius 1 is 0.413 bits per heavy atom. The van der Waals surface area contributed by atoms with Gasteiger partial charge in [0.1, 0.15) is 11.2 Å². The highest BCUT2D eigenvalue weighted by Crippen LogP contribution is 2.44. The van der Waals surface area contributed by atoms with Gasteiger partial charge >= 0.3 is 0 Å². The Hall–Kier alpha value is -5.84. The molecule has 0 saturated carbocycles. The zero-order valence-corrected chi connectivity index (χ0v) is 25.5. The van der Waals surface area contributed by atoms with Crippen molar-refractivity contribution in [2.45, 2.75) is 0 Å². The minimum Gasteiger partial charge on any atom is -0.456 e. The van der Waals surface area contributed by atoms with Gasteiger partial charge in [-0.25, -0.2) is 0 Å². The molecule has 3 aromatic heterocycles. The molecule has 46 heavy (non-hydrogen) atoms. The van der Waals surface area contributed by atoms with Crippen molar-refractivity contribution in [1.29, 1.82) is 0 Å². The van der Waals surface area contributed by atoms with Gasteiger partial charge in [-0.15, -0.1) is 11.3 Å². The van der Waals surface area contributed by atoms with Crippen molar-refractivity contribution in [3.05, 3.63) is 158 Å². The molecule has 7 aromatic carbocycles. The van der Waals surface area contributed by atoms with E-state index in [1.165, 1.54) is 42.0 Å². The number of rotatable bonds is 4. The van der Waals surface area contributed by atoms with Crippen LogP contribution in [0.15, 0.2) is 162 Å². The van der Waals surface area contributed by atoms with Gasteiger partial charge in [0.2, 0.25) is 0 Å². The predicted molar refractivity (Wildman–Crippen MR) is 196 cm³/mol. The molecule has 4 heteroatoms. The number of nitrogens with zero attached hydrogens (tertiary/aromatic N) is 2. The first-order chi connectivity index (χ1) is 22.8. The van der Waals surface area contributed by atoms with Gasteiger partial charge in [-0.3, -0.25) is 0 Å². The van der Waals surface area contributed by atoms with Crippen LogP contribution in [-0.2, 0) is 0 Å². The van der Waals surface area contributed by atoms with Gasteiger partial charge in [0.15, 0.2) is 0 Å². The number of anilines is 3. The van der Waals surface area contributed by atoms with Crippen molar-refractivity contribution in [2.75, 3.05) is 4.90 Å². The fraction of sp³-hybridized carbons (Fsp3) is 0. The predicted octanol–water partition coefficient (Wildman–Crippen LogP) is 12.5. The first-order valence-corrected chi connectivity index (χ1v) is 16.3. The number of hydrogen-bond acceptors (Lipinski definition) is 3. The summed E-state index contributed by atoms with van der Waals surface area (Å²) in [5.41, 5.74) is 8.62. The fourth-order valence-corrected chi connectivity index (χ4v) is 8.25. The standard InChI is InChI=1S/C42H26N2OS/c1-2-10-27(11-3-1)44-37-15-7-4-12-31(37)32-21-18-29(25-38(32)44)43(28-20-23-40-36(24-28)33-13-5-8-16-39(33)45-40)30-19-22-35-34-14-6-9-17-41(34)46-42(35)26-30/h1-26H. The van der Waals surface area contributed by atoms with E-state index < -0.39 is 0 Å². The van der Waals surface area contributed by atoms with E-state index in [0.29, 0.717) is 0 Å². The van der Waals surface area contributed by atoms with E-state index in [2.05, 4.69) is 155 Å². The summed E-state index contributed by atoms with van der Waals surface area (Å²) in [5.74, 6) is 0. The molecule has 0 aliphatic heterocycles. The van der Waals surface area contributed by atoms with Crippen molar-refractivity contribution >= 4 is 92.3 Å². The van der Waals surface area contributed by atoms with Crippen molar-refractivity contribution < 1.29 is 4.42 Å². The lowest BCUT2D eigenvalue weighted by Crippen LogP contribution is -2.10. The van der Waals surface area contributed by atoms with Crippen LogP contribution < -0.4 is 4.90 Å². The molecule has 0 unspecified atom stereocenters. The van der Waals surface area contributed by atoms with E-state index in [9.17, 15) is 0 Å². The SMILES string of the molecule is c1ccc(-n2c3ccccc3c3ccc(N(c4ccc5c(c4)sc4ccccc45)c4ccc5oc6ccccc6c5c4)cc32)cc1. The van der Waals surface area contributed by atoms with Crippen molar-refractivity contribution in [3.63, 3.8) is 0 Å². The fourth-order valence-electron chi connectivity index (χ4n) is 7.11. The van der Waals surface area contributed by atoms with E-state index in [4.69, 9.17) is 4.42 Å². The Kier molecular flexibility index (Phi) is 5.45. The Balaban J connectivity index is 1.25. The van der Waals surface area contributed by atoms with Gasteiger partial charge in [0.25, 0.3) is 0 Å². The molecule has 0 fully saturated rings. The van der Waals surface area contributed by atoms with Crippen LogP contribution in [0.25, 0.3) is 69.6 Å². The van der Waals surface area contributed by atoms with Crippen LogP contribution in [0.2, 0.25) is 0 Å². The molecule has 0 amide bonds. The first-order valence-electron chi connectivity index (χ1n) is 15.5. The van der Waals surface area contributed by atoms with Gasteiger partial charge < -0.3 is 13.9 Å². The van der Waals surface area contributed by atoms with Gasteiger partial charge in [0, 0.05) is 64.5 Å². The van der Waals surface area contributed by atoms with Crippen LogP contribution in [-0.4, -0.2) is 4.57 Å². The Bertz CT molecular complexity index is 2770. The molecule has 216 valence electrons. The average molecular weight is 607 g/mol. The van der Waals surface area contributed by atoms with Gasteiger partial charge in [-0.1, -0.05) is 84.9 Å². The molecule has 0 atom stereocenters. The third-order valence-corrected chi connectivity index (χ3v) is 10.3. The second-order valence-corrected chi connectivity index (χ2v) is 12.9. The van der Waals surface area contributed by atoms with Crippen LogP contribution in [0, 0.1) is 0 Å². The zero-order chi connectivity index (χ0) is 30.2. The number of fused-ring (bicyclic) bond motifs is 9. The number of para-hydroxylation sites is 3. The number of furan rings is 1. The summed E-state index contributed by atoms with van der Waals surface area (Å²) >= 11 is 1.85. The molecule has 0 spiro atoms. The number of thiophene rings is 1. The largest absolute Gasteiger partial charge is 0.456 e. The van der Waals surface area contributed by atoms with E-state index in [-0.39, 0.29) is 0 Å². The Morgan fingerprint density at radius 2 is 1.02 bits per heavy atom.